The van der Waals surface area contributed by atoms with Crippen LogP contribution in [0, 0.1) is 5.82 Å². The lowest BCUT2D eigenvalue weighted by atomic mass is 10.2. The van der Waals surface area contributed by atoms with Gasteiger partial charge in [-0.2, -0.15) is 0 Å². The number of halogens is 3. The maximum absolute atomic E-state index is 13.2. The molecule has 5 heteroatoms. The fourth-order valence-corrected chi connectivity index (χ4v) is 2.57. The van der Waals surface area contributed by atoms with Crippen LogP contribution in [0.1, 0.15) is 5.69 Å². The molecule has 20 heavy (non-hydrogen) atoms. The highest BCUT2D eigenvalue weighted by atomic mass is 35.5. The number of nitrogens with one attached hydrogen (secondary N) is 2. The number of anilines is 1. The highest BCUT2D eigenvalue weighted by Crippen LogP contribution is 2.29. The van der Waals surface area contributed by atoms with Gasteiger partial charge in [-0.1, -0.05) is 41.4 Å². The minimum Gasteiger partial charge on any atom is -0.378 e. The van der Waals surface area contributed by atoms with E-state index in [0.29, 0.717) is 22.3 Å². The maximum Gasteiger partial charge on any atom is 0.125 e. The number of hydrogen-bond acceptors (Lipinski definition) is 1. The van der Waals surface area contributed by atoms with Crippen LogP contribution in [-0.4, -0.2) is 4.98 Å². The molecule has 0 saturated heterocycles. The SMILES string of the molecule is Fc1ccc(Cl)c(NCc2[nH]c3ccccc3c2Cl)c1. The number of aromatic amines is 1. The summed E-state index contributed by atoms with van der Waals surface area (Å²) in [6.07, 6.45) is 0. The number of H-pyrrole nitrogens is 1. The summed E-state index contributed by atoms with van der Waals surface area (Å²) < 4.78 is 13.2. The molecule has 0 radical (unpaired) electrons. The van der Waals surface area contributed by atoms with Gasteiger partial charge in [0.2, 0.25) is 0 Å². The molecule has 0 unspecified atom stereocenters. The Hall–Kier alpha value is -1.71. The average molecular weight is 309 g/mol. The fraction of sp³-hybridized carbons (Fsp3) is 0.0667. The minimum atomic E-state index is -0.334. The van der Waals surface area contributed by atoms with Crippen molar-refractivity contribution in [1.82, 2.24) is 4.98 Å². The predicted molar refractivity (Wildman–Crippen MR) is 82.0 cm³/mol. The van der Waals surface area contributed by atoms with Gasteiger partial charge in [0.15, 0.2) is 0 Å². The lowest BCUT2D eigenvalue weighted by Crippen LogP contribution is -2.01. The first-order valence-electron chi connectivity index (χ1n) is 6.09. The van der Waals surface area contributed by atoms with Crippen molar-refractivity contribution in [1.29, 1.82) is 0 Å². The molecular formula is C15H11Cl2FN2. The summed E-state index contributed by atoms with van der Waals surface area (Å²) in [6.45, 7) is 0.441. The van der Waals surface area contributed by atoms with E-state index in [0.717, 1.165) is 16.6 Å². The molecule has 0 aliphatic carbocycles. The summed E-state index contributed by atoms with van der Waals surface area (Å²) in [5.41, 5.74) is 2.36. The number of hydrogen-bond donors (Lipinski definition) is 2. The minimum absolute atomic E-state index is 0.334. The molecule has 3 aromatic rings. The van der Waals surface area contributed by atoms with Crippen molar-refractivity contribution in [2.45, 2.75) is 6.54 Å². The number of aromatic nitrogens is 1. The highest BCUT2D eigenvalue weighted by molar-refractivity contribution is 6.36. The molecule has 0 atom stereocenters. The van der Waals surface area contributed by atoms with E-state index in [1.807, 2.05) is 24.3 Å². The molecule has 2 nitrogen and oxygen atoms in total. The summed E-state index contributed by atoms with van der Waals surface area (Å²) >= 11 is 12.3. The standard InChI is InChI=1S/C15H11Cl2FN2/c16-11-6-5-9(18)7-13(11)19-8-14-15(17)10-3-1-2-4-12(10)20-14/h1-7,19-20H,8H2. The van der Waals surface area contributed by atoms with Crippen molar-refractivity contribution < 1.29 is 4.39 Å². The number of fused-ring (bicyclic) bond motifs is 1. The zero-order valence-corrected chi connectivity index (χ0v) is 11.9. The molecule has 0 spiro atoms. The van der Waals surface area contributed by atoms with Gasteiger partial charge in [-0.05, 0) is 24.3 Å². The van der Waals surface area contributed by atoms with E-state index in [-0.39, 0.29) is 5.82 Å². The molecule has 102 valence electrons. The Morgan fingerprint density at radius 2 is 1.90 bits per heavy atom. The molecule has 0 aliphatic heterocycles. The largest absolute Gasteiger partial charge is 0.378 e. The van der Waals surface area contributed by atoms with Crippen LogP contribution < -0.4 is 5.32 Å². The summed E-state index contributed by atoms with van der Waals surface area (Å²) in [7, 11) is 0. The maximum atomic E-state index is 13.2. The fourth-order valence-electron chi connectivity index (χ4n) is 2.10. The summed E-state index contributed by atoms with van der Waals surface area (Å²) in [4.78, 5) is 3.24. The van der Waals surface area contributed by atoms with E-state index in [1.165, 1.54) is 18.2 Å². The van der Waals surface area contributed by atoms with Crippen molar-refractivity contribution in [3.05, 3.63) is 64.0 Å². The zero-order valence-electron chi connectivity index (χ0n) is 10.4. The van der Waals surface area contributed by atoms with Crippen molar-refractivity contribution in [2.24, 2.45) is 0 Å². The van der Waals surface area contributed by atoms with Crippen molar-refractivity contribution >= 4 is 39.8 Å². The van der Waals surface area contributed by atoms with E-state index in [2.05, 4.69) is 10.3 Å². The lowest BCUT2D eigenvalue weighted by molar-refractivity contribution is 0.628. The van der Waals surface area contributed by atoms with Gasteiger partial charge in [0, 0.05) is 10.9 Å². The first-order chi connectivity index (χ1) is 9.65. The van der Waals surface area contributed by atoms with Crippen molar-refractivity contribution in [2.75, 3.05) is 5.32 Å². The number of rotatable bonds is 3. The number of para-hydroxylation sites is 1. The average Bonchev–Trinajstić information content (AvgIpc) is 2.77. The molecule has 3 rings (SSSR count). The monoisotopic (exact) mass is 308 g/mol. The molecule has 0 fully saturated rings. The second-order valence-electron chi connectivity index (χ2n) is 4.44. The molecule has 2 N–H and O–H groups in total. The van der Waals surface area contributed by atoms with Gasteiger partial charge < -0.3 is 10.3 Å². The van der Waals surface area contributed by atoms with Crippen LogP contribution in [0.3, 0.4) is 0 Å². The first kappa shape index (κ1) is 13.3. The summed E-state index contributed by atoms with van der Waals surface area (Å²) in [6, 6.07) is 12.0. The molecule has 1 aromatic heterocycles. The third kappa shape index (κ3) is 2.47. The van der Waals surface area contributed by atoms with Crippen LogP contribution in [0.15, 0.2) is 42.5 Å². The topological polar surface area (TPSA) is 27.8 Å². The van der Waals surface area contributed by atoms with Crippen LogP contribution in [0.2, 0.25) is 10.0 Å². The molecule has 0 aliphatic rings. The van der Waals surface area contributed by atoms with Crippen LogP contribution in [0.5, 0.6) is 0 Å². The summed E-state index contributed by atoms with van der Waals surface area (Å²) in [5, 5.41) is 5.19. The lowest BCUT2D eigenvalue weighted by Gasteiger charge is -2.07. The van der Waals surface area contributed by atoms with E-state index in [1.54, 1.807) is 0 Å². The predicted octanol–water partition coefficient (Wildman–Crippen LogP) is 5.23. The van der Waals surface area contributed by atoms with Crippen molar-refractivity contribution in [3.8, 4) is 0 Å². The van der Waals surface area contributed by atoms with Crippen LogP contribution in [-0.2, 0) is 6.54 Å². The normalized spacial score (nSPS) is 10.9. The van der Waals surface area contributed by atoms with Crippen LogP contribution >= 0.6 is 23.2 Å². The van der Waals surface area contributed by atoms with Crippen LogP contribution in [0.25, 0.3) is 10.9 Å². The smallest absolute Gasteiger partial charge is 0.125 e. The molecule has 0 saturated carbocycles. The van der Waals surface area contributed by atoms with E-state index < -0.39 is 0 Å². The second-order valence-corrected chi connectivity index (χ2v) is 5.23. The Morgan fingerprint density at radius 3 is 2.70 bits per heavy atom. The van der Waals surface area contributed by atoms with E-state index in [9.17, 15) is 4.39 Å². The van der Waals surface area contributed by atoms with E-state index >= 15 is 0 Å². The molecule has 0 amide bonds. The van der Waals surface area contributed by atoms with Gasteiger partial charge in [0.05, 0.1) is 28.0 Å². The van der Waals surface area contributed by atoms with Gasteiger partial charge in [-0.25, -0.2) is 4.39 Å². The zero-order chi connectivity index (χ0) is 14.1. The van der Waals surface area contributed by atoms with Gasteiger partial charge in [0.1, 0.15) is 5.82 Å². The highest BCUT2D eigenvalue weighted by Gasteiger charge is 2.09. The number of benzene rings is 2. The van der Waals surface area contributed by atoms with Gasteiger partial charge in [0.25, 0.3) is 0 Å². The Kier molecular flexibility index (Phi) is 3.55. The molecular weight excluding hydrogens is 298 g/mol. The molecule has 1 heterocycles. The molecule has 0 bridgehead atoms. The Labute approximate surface area is 125 Å². The third-order valence-electron chi connectivity index (χ3n) is 3.10. The third-order valence-corrected chi connectivity index (χ3v) is 3.86. The summed E-state index contributed by atoms with van der Waals surface area (Å²) in [5.74, 6) is -0.334. The van der Waals surface area contributed by atoms with Gasteiger partial charge >= 0.3 is 0 Å². The first-order valence-corrected chi connectivity index (χ1v) is 6.85. The Balaban J connectivity index is 1.87. The molecule has 2 aromatic carbocycles. The quantitative estimate of drug-likeness (QED) is 0.681. The van der Waals surface area contributed by atoms with E-state index in [4.69, 9.17) is 23.2 Å². The van der Waals surface area contributed by atoms with Crippen LogP contribution in [0.4, 0.5) is 10.1 Å². The Morgan fingerprint density at radius 1 is 1.10 bits per heavy atom. The van der Waals surface area contributed by atoms with Gasteiger partial charge in [-0.3, -0.25) is 0 Å². The second kappa shape index (κ2) is 5.35. The van der Waals surface area contributed by atoms with Crippen molar-refractivity contribution in [3.63, 3.8) is 0 Å². The van der Waals surface area contributed by atoms with Gasteiger partial charge in [-0.15, -0.1) is 0 Å². The Bertz CT molecular complexity index is 768.